The van der Waals surface area contributed by atoms with Crippen LogP contribution in [0.3, 0.4) is 0 Å². The van der Waals surface area contributed by atoms with Crippen molar-refractivity contribution in [1.82, 2.24) is 0 Å². The van der Waals surface area contributed by atoms with Crippen LogP contribution < -0.4 is 0 Å². The Kier molecular flexibility index (Phi) is 130. The number of nitrogens with one attached hydrogen (secondary N) is 1. The van der Waals surface area contributed by atoms with Crippen LogP contribution in [0.15, 0.2) is 48.6 Å². The molecule has 2 rings (SSSR count). The third-order valence-electron chi connectivity index (χ3n) is 1.36. The molecule has 0 bridgehead atoms. The quantitative estimate of drug-likeness (QED) is 0.362. The maximum absolute atomic E-state index is 7.00. The van der Waals surface area contributed by atoms with E-state index in [0.717, 1.165) is 6.42 Å². The SMILES string of the molecule is Cl.Cl.[C-]1=CC=CC1.[CH3-].[CH3-].[CH3-].[CH3-].[CH3-].[CH3-].[NH-]c1ccccc1.[SiH2]=[Ti]. The zero-order chi connectivity index (χ0) is 10.6. The van der Waals surface area contributed by atoms with Crippen molar-refractivity contribution in [1.29, 1.82) is 0 Å². The Labute approximate surface area is 168 Å². The van der Waals surface area contributed by atoms with Gasteiger partial charge < -0.3 is 50.3 Å². The first-order valence-corrected chi connectivity index (χ1v) is 8.25. The number of halogens is 2. The van der Waals surface area contributed by atoms with E-state index in [0.29, 0.717) is 5.69 Å². The Morgan fingerprint density at radius 1 is 0.864 bits per heavy atom. The molecule has 1 N–H and O–H groups in total. The van der Waals surface area contributed by atoms with E-state index < -0.39 is 0 Å². The van der Waals surface area contributed by atoms with Gasteiger partial charge in [-0.1, -0.05) is 30.3 Å². The molecule has 0 fully saturated rings. The molecule has 0 saturated carbocycles. The van der Waals surface area contributed by atoms with Crippen molar-refractivity contribution >= 4 is 38.1 Å². The van der Waals surface area contributed by atoms with Gasteiger partial charge in [-0.05, 0) is 0 Å². The van der Waals surface area contributed by atoms with Gasteiger partial charge in [-0.15, -0.1) is 36.9 Å². The summed E-state index contributed by atoms with van der Waals surface area (Å²) in [7, 11) is 1.86. The fraction of sp³-hybridized carbons (Fsp3) is 0.0588. The molecule has 0 spiro atoms. The summed E-state index contributed by atoms with van der Waals surface area (Å²) in [6.45, 7) is 0. The van der Waals surface area contributed by atoms with Crippen LogP contribution in [0.5, 0.6) is 0 Å². The Morgan fingerprint density at radius 3 is 1.41 bits per heavy atom. The van der Waals surface area contributed by atoms with Crippen LogP contribution in [-0.2, 0) is 19.2 Å². The van der Waals surface area contributed by atoms with Gasteiger partial charge in [-0.25, -0.2) is 12.2 Å². The van der Waals surface area contributed by atoms with Crippen molar-refractivity contribution in [2.45, 2.75) is 6.42 Å². The summed E-state index contributed by atoms with van der Waals surface area (Å²) in [6, 6.07) is 9.10. The molecule has 0 heterocycles. The van der Waals surface area contributed by atoms with Crippen molar-refractivity contribution in [3.05, 3.63) is 105 Å². The maximum atomic E-state index is 7.00. The fourth-order valence-corrected chi connectivity index (χ4v) is 0.778. The van der Waals surface area contributed by atoms with Gasteiger partial charge in [-0.2, -0.15) is 6.08 Å². The monoisotopic (exact) mass is 397 g/mol. The Bertz CT molecular complexity index is 284. The number of allylic oxidation sites excluding steroid dienone is 4. The Hall–Kier alpha value is 0.0112. The van der Waals surface area contributed by atoms with Gasteiger partial charge in [0.15, 0.2) is 0 Å². The van der Waals surface area contributed by atoms with Crippen LogP contribution in [0, 0.1) is 50.6 Å². The van der Waals surface area contributed by atoms with Crippen LogP contribution in [0.4, 0.5) is 5.69 Å². The summed E-state index contributed by atoms with van der Waals surface area (Å²) >= 11 is 2.03. The van der Waals surface area contributed by atoms with E-state index in [1.807, 2.05) is 57.2 Å². The second kappa shape index (κ2) is 49.7. The van der Waals surface area contributed by atoms with Crippen LogP contribution >= 0.6 is 24.8 Å². The molecule has 1 aromatic rings. The second-order valence-corrected chi connectivity index (χ2v) is 2.37. The van der Waals surface area contributed by atoms with Crippen LogP contribution in [0.2, 0.25) is 0 Å². The zero-order valence-electron chi connectivity index (χ0n) is 14.8. The van der Waals surface area contributed by atoms with Gasteiger partial charge in [0, 0.05) is 0 Å². The zero-order valence-corrected chi connectivity index (χ0v) is 19.5. The summed E-state index contributed by atoms with van der Waals surface area (Å²) in [6.07, 6.45) is 10.0. The summed E-state index contributed by atoms with van der Waals surface area (Å²) in [5, 5.41) is 0. The Morgan fingerprint density at radius 2 is 1.27 bits per heavy atom. The van der Waals surface area contributed by atoms with Crippen molar-refractivity contribution < 1.29 is 19.2 Å². The van der Waals surface area contributed by atoms with E-state index in [1.165, 1.54) is 0 Å². The molecule has 22 heavy (non-hydrogen) atoms. The fourth-order valence-electron chi connectivity index (χ4n) is 0.778. The number of benzene rings is 1. The van der Waals surface area contributed by atoms with E-state index >= 15 is 0 Å². The summed E-state index contributed by atoms with van der Waals surface area (Å²) in [5.74, 6) is 0. The molecule has 0 radical (unpaired) electrons. The molecular weight excluding hydrogens is 365 g/mol. The van der Waals surface area contributed by atoms with Gasteiger partial charge in [0.1, 0.15) is 0 Å². The molecule has 0 aliphatic heterocycles. The first kappa shape index (κ1) is 57.4. The predicted octanol–water partition coefficient (Wildman–Crippen LogP) is 6.30. The van der Waals surface area contributed by atoms with Crippen LogP contribution in [0.25, 0.3) is 5.73 Å². The van der Waals surface area contributed by atoms with Gasteiger partial charge in [0.05, 0.1) is 0 Å². The average molecular weight is 398 g/mol. The predicted molar refractivity (Wildman–Crippen MR) is 114 cm³/mol. The van der Waals surface area contributed by atoms with Gasteiger partial charge >= 0.3 is 26.8 Å². The molecular formula is C17H33Cl2NSiTi-8. The first-order chi connectivity index (χ1) is 6.89. The third-order valence-corrected chi connectivity index (χ3v) is 1.36. The molecule has 1 aliphatic carbocycles. The minimum atomic E-state index is 0. The topological polar surface area (TPSA) is 23.8 Å². The molecule has 1 nitrogen and oxygen atoms in total. The van der Waals surface area contributed by atoms with E-state index in [-0.39, 0.29) is 69.4 Å². The normalized spacial score (nSPS) is 6.86. The van der Waals surface area contributed by atoms with Crippen molar-refractivity contribution in [2.75, 3.05) is 0 Å². The number of rotatable bonds is 0. The molecule has 1 aliphatic rings. The molecule has 136 valence electrons. The van der Waals surface area contributed by atoms with Crippen LogP contribution in [0.1, 0.15) is 6.42 Å². The molecule has 0 atom stereocenters. The van der Waals surface area contributed by atoms with Crippen molar-refractivity contribution in [3.8, 4) is 0 Å². The van der Waals surface area contributed by atoms with Gasteiger partial charge in [0.25, 0.3) is 0 Å². The van der Waals surface area contributed by atoms with E-state index in [9.17, 15) is 0 Å². The van der Waals surface area contributed by atoms with E-state index in [1.54, 1.807) is 12.1 Å². The van der Waals surface area contributed by atoms with Crippen molar-refractivity contribution in [3.63, 3.8) is 0 Å². The van der Waals surface area contributed by atoms with E-state index in [4.69, 9.17) is 5.73 Å². The molecule has 0 saturated heterocycles. The standard InChI is InChI=1S/C6H6N.C5H5.6CH3.2ClH.H2Si.Ti/c7-6-4-2-1-3-5-6;1-2-4-5-3-1;;;;;;;;;;/h1-5,7H;1-3H,4H2;6*1H3;2*1H;1H2;/q8*-1;;;;. The minimum absolute atomic E-state index is 0. The molecule has 0 aromatic heterocycles. The number of hydrogen-bond acceptors (Lipinski definition) is 0. The molecule has 1 aromatic carbocycles. The second-order valence-electron chi connectivity index (χ2n) is 2.37. The first-order valence-electron chi connectivity index (χ1n) is 4.23. The summed E-state index contributed by atoms with van der Waals surface area (Å²) in [5.41, 5.74) is 7.57. The van der Waals surface area contributed by atoms with Crippen LogP contribution in [-0.4, -0.2) is 7.63 Å². The Balaban J connectivity index is -0.0000000151. The molecule has 0 unspecified atom stereocenters. The van der Waals surface area contributed by atoms with Crippen molar-refractivity contribution in [2.24, 2.45) is 0 Å². The van der Waals surface area contributed by atoms with E-state index in [2.05, 4.69) is 12.2 Å². The van der Waals surface area contributed by atoms with Gasteiger partial charge in [-0.3, -0.25) is 6.08 Å². The molecule has 5 heteroatoms. The number of hydrogen-bond donors (Lipinski definition) is 0. The summed E-state index contributed by atoms with van der Waals surface area (Å²) in [4.78, 5) is 0. The summed E-state index contributed by atoms with van der Waals surface area (Å²) < 4.78 is 0. The average Bonchev–Trinajstić information content (AvgIpc) is 2.80. The molecule has 0 amide bonds. The van der Waals surface area contributed by atoms with Gasteiger partial charge in [0.2, 0.25) is 0 Å². The third kappa shape index (κ3) is 42.7.